The number of aromatic nitrogens is 5. The van der Waals surface area contributed by atoms with E-state index in [9.17, 15) is 4.79 Å². The van der Waals surface area contributed by atoms with Gasteiger partial charge in [-0.25, -0.2) is 9.78 Å². The monoisotopic (exact) mass is 450 g/mol. The zero-order valence-corrected chi connectivity index (χ0v) is 19.4. The van der Waals surface area contributed by atoms with Gasteiger partial charge in [0, 0.05) is 41.5 Å². The molecule has 1 amide bonds. The van der Waals surface area contributed by atoms with Crippen molar-refractivity contribution in [1.29, 1.82) is 0 Å². The van der Waals surface area contributed by atoms with Gasteiger partial charge in [-0.05, 0) is 59.4 Å². The molecule has 2 aliphatic rings. The van der Waals surface area contributed by atoms with Crippen LogP contribution < -0.4 is 10.6 Å². The minimum atomic E-state index is -0.491. The Hall–Kier alpha value is -3.43. The first-order chi connectivity index (χ1) is 15.7. The third-order valence-corrected chi connectivity index (χ3v) is 6.12. The number of hydrogen-bond donors (Lipinski definition) is 3. The molecule has 10 heteroatoms. The predicted octanol–water partition coefficient (Wildman–Crippen LogP) is 4.14. The molecule has 3 atom stereocenters. The summed E-state index contributed by atoms with van der Waals surface area (Å²) in [4.78, 5) is 28.4. The van der Waals surface area contributed by atoms with Gasteiger partial charge in [-0.2, -0.15) is 10.1 Å². The van der Waals surface area contributed by atoms with Crippen LogP contribution in [0.2, 0.25) is 0 Å². The van der Waals surface area contributed by atoms with Crippen LogP contribution in [-0.4, -0.2) is 59.9 Å². The molecule has 2 aliphatic heterocycles. The number of ether oxygens (including phenoxy) is 1. The number of hydrogen-bond acceptors (Lipinski definition) is 8. The van der Waals surface area contributed by atoms with E-state index in [1.807, 2.05) is 44.7 Å². The zero-order valence-electron chi connectivity index (χ0n) is 19.4. The molecule has 0 aliphatic carbocycles. The fraction of sp³-hybridized carbons (Fsp3) is 0.522. The summed E-state index contributed by atoms with van der Waals surface area (Å²) in [6.07, 6.45) is 6.92. The zero-order chi connectivity index (χ0) is 23.2. The van der Waals surface area contributed by atoms with Gasteiger partial charge in [0.1, 0.15) is 11.4 Å². The first-order valence-corrected chi connectivity index (χ1v) is 11.4. The lowest BCUT2D eigenvalue weighted by Gasteiger charge is -2.39. The number of H-pyrrole nitrogens is 1. The summed E-state index contributed by atoms with van der Waals surface area (Å²) >= 11 is 0. The van der Waals surface area contributed by atoms with Gasteiger partial charge in [-0.15, -0.1) is 0 Å². The van der Waals surface area contributed by atoms with E-state index >= 15 is 0 Å². The first kappa shape index (κ1) is 21.4. The van der Waals surface area contributed by atoms with E-state index in [0.29, 0.717) is 17.6 Å². The number of anilines is 3. The number of nitrogens with zero attached hydrogens (tertiary/aromatic N) is 5. The summed E-state index contributed by atoms with van der Waals surface area (Å²) in [6, 6.07) is 4.33. The van der Waals surface area contributed by atoms with Crippen LogP contribution in [0.25, 0.3) is 10.9 Å². The molecular formula is C23H30N8O2. The molecule has 33 heavy (non-hydrogen) atoms. The van der Waals surface area contributed by atoms with E-state index in [1.54, 1.807) is 12.4 Å². The maximum absolute atomic E-state index is 12.7. The fourth-order valence-corrected chi connectivity index (χ4v) is 4.83. The SMILES string of the molecule is Cc1cc(Nc2nc(N[C@@H]3C[C@H]4CC[C@@H](C3)N4C(=O)OC(C)(C)C)nc3cnccc23)n[nH]1. The Morgan fingerprint density at radius 1 is 1.21 bits per heavy atom. The molecule has 5 rings (SSSR count). The summed E-state index contributed by atoms with van der Waals surface area (Å²) in [5, 5.41) is 14.9. The average Bonchev–Trinajstić information content (AvgIpc) is 3.27. The second-order valence-electron chi connectivity index (χ2n) is 9.94. The van der Waals surface area contributed by atoms with Crippen molar-refractivity contribution in [3.05, 3.63) is 30.2 Å². The van der Waals surface area contributed by atoms with Crippen LogP contribution >= 0.6 is 0 Å². The number of carbonyl (C=O) groups excluding carboxylic acids is 1. The maximum atomic E-state index is 12.7. The van der Waals surface area contributed by atoms with Gasteiger partial charge < -0.3 is 20.3 Å². The van der Waals surface area contributed by atoms with Crippen LogP contribution in [0.4, 0.5) is 22.4 Å². The van der Waals surface area contributed by atoms with E-state index in [-0.39, 0.29) is 24.2 Å². The lowest BCUT2D eigenvalue weighted by atomic mass is 9.98. The molecule has 2 saturated heterocycles. The van der Waals surface area contributed by atoms with Gasteiger partial charge in [0.25, 0.3) is 0 Å². The second kappa shape index (κ2) is 8.17. The Kier molecular flexibility index (Phi) is 5.30. The van der Waals surface area contributed by atoms with Gasteiger partial charge in [-0.3, -0.25) is 10.1 Å². The van der Waals surface area contributed by atoms with Crippen molar-refractivity contribution in [2.75, 3.05) is 10.6 Å². The molecule has 3 aromatic rings. The lowest BCUT2D eigenvalue weighted by molar-refractivity contribution is 0.00682. The highest BCUT2D eigenvalue weighted by molar-refractivity contribution is 5.90. The highest BCUT2D eigenvalue weighted by Crippen LogP contribution is 2.38. The Morgan fingerprint density at radius 3 is 2.64 bits per heavy atom. The molecule has 0 radical (unpaired) electrons. The summed E-state index contributed by atoms with van der Waals surface area (Å²) in [5.74, 6) is 1.91. The molecule has 2 bridgehead atoms. The van der Waals surface area contributed by atoms with Crippen LogP contribution in [-0.2, 0) is 4.74 Å². The number of fused-ring (bicyclic) bond motifs is 3. The summed E-state index contributed by atoms with van der Waals surface area (Å²) in [6.45, 7) is 7.67. The second-order valence-corrected chi connectivity index (χ2v) is 9.94. The van der Waals surface area contributed by atoms with Crippen molar-refractivity contribution >= 4 is 34.6 Å². The number of piperidine rings is 1. The third kappa shape index (κ3) is 4.55. The number of aromatic amines is 1. The van der Waals surface area contributed by atoms with Gasteiger partial charge in [0.2, 0.25) is 5.95 Å². The molecule has 3 N–H and O–H groups in total. The molecule has 0 unspecified atom stereocenters. The van der Waals surface area contributed by atoms with E-state index < -0.39 is 5.60 Å². The van der Waals surface area contributed by atoms with Crippen molar-refractivity contribution < 1.29 is 9.53 Å². The largest absolute Gasteiger partial charge is 0.444 e. The van der Waals surface area contributed by atoms with Crippen molar-refractivity contribution in [3.8, 4) is 0 Å². The van der Waals surface area contributed by atoms with E-state index in [1.165, 1.54) is 0 Å². The normalized spacial score (nSPS) is 22.4. The number of carbonyl (C=O) groups is 1. The van der Waals surface area contributed by atoms with Gasteiger partial charge in [0.05, 0.1) is 11.7 Å². The van der Waals surface area contributed by atoms with E-state index in [4.69, 9.17) is 14.7 Å². The molecule has 3 aromatic heterocycles. The number of amides is 1. The minimum Gasteiger partial charge on any atom is -0.444 e. The molecule has 0 spiro atoms. The lowest BCUT2D eigenvalue weighted by Crippen LogP contribution is -2.51. The standard InChI is InChI=1S/C23H30N8O2/c1-13-9-19(30-29-13)27-20-17-7-8-24-12-18(17)26-21(28-20)25-14-10-15-5-6-16(11-14)31(15)22(32)33-23(2,3)4/h7-9,12,14-16H,5-6,10-11H2,1-4H3,(H3,25,26,27,28,29,30)/t14-,15-,16+. The molecule has 2 fully saturated rings. The smallest absolute Gasteiger partial charge is 0.410 e. The van der Waals surface area contributed by atoms with Crippen molar-refractivity contribution in [2.45, 2.75) is 77.1 Å². The van der Waals surface area contributed by atoms with Crippen molar-refractivity contribution in [1.82, 2.24) is 30.0 Å². The fourth-order valence-electron chi connectivity index (χ4n) is 4.83. The van der Waals surface area contributed by atoms with Crippen LogP contribution in [0.5, 0.6) is 0 Å². The number of pyridine rings is 1. The highest BCUT2D eigenvalue weighted by Gasteiger charge is 2.45. The van der Waals surface area contributed by atoms with Crippen LogP contribution in [0, 0.1) is 6.92 Å². The van der Waals surface area contributed by atoms with Gasteiger partial charge in [0.15, 0.2) is 5.82 Å². The third-order valence-electron chi connectivity index (χ3n) is 6.12. The van der Waals surface area contributed by atoms with Crippen molar-refractivity contribution in [3.63, 3.8) is 0 Å². The molecule has 10 nitrogen and oxygen atoms in total. The number of nitrogens with one attached hydrogen (secondary N) is 3. The van der Waals surface area contributed by atoms with E-state index in [2.05, 4.69) is 25.8 Å². The van der Waals surface area contributed by atoms with Crippen LogP contribution in [0.3, 0.4) is 0 Å². The molecular weight excluding hydrogens is 420 g/mol. The predicted molar refractivity (Wildman–Crippen MR) is 125 cm³/mol. The van der Waals surface area contributed by atoms with Gasteiger partial charge in [-0.1, -0.05) is 0 Å². The summed E-state index contributed by atoms with van der Waals surface area (Å²) < 4.78 is 5.65. The van der Waals surface area contributed by atoms with Crippen LogP contribution in [0.1, 0.15) is 52.1 Å². The maximum Gasteiger partial charge on any atom is 0.410 e. The Balaban J connectivity index is 1.34. The summed E-state index contributed by atoms with van der Waals surface area (Å²) in [7, 11) is 0. The number of aryl methyl sites for hydroxylation is 1. The minimum absolute atomic E-state index is 0.169. The van der Waals surface area contributed by atoms with Gasteiger partial charge >= 0.3 is 6.09 Å². The Labute approximate surface area is 192 Å². The summed E-state index contributed by atoms with van der Waals surface area (Å²) in [5.41, 5.74) is 1.22. The highest BCUT2D eigenvalue weighted by atomic mass is 16.6. The van der Waals surface area contributed by atoms with Crippen molar-refractivity contribution in [2.24, 2.45) is 0 Å². The molecule has 0 saturated carbocycles. The molecule has 5 heterocycles. The van der Waals surface area contributed by atoms with Crippen LogP contribution in [0.15, 0.2) is 24.5 Å². The molecule has 0 aromatic carbocycles. The Morgan fingerprint density at radius 2 is 1.97 bits per heavy atom. The first-order valence-electron chi connectivity index (χ1n) is 11.4. The Bertz CT molecular complexity index is 1160. The van der Waals surface area contributed by atoms with E-state index in [0.717, 1.165) is 42.3 Å². The topological polar surface area (TPSA) is 121 Å². The average molecular weight is 451 g/mol. The number of rotatable bonds is 4. The molecule has 174 valence electrons. The quantitative estimate of drug-likeness (QED) is 0.542.